The maximum Gasteiger partial charge on any atom is 0.143 e. The minimum Gasteiger partial charge on any atom is -0.378 e. The quantitative estimate of drug-likeness (QED) is 0.574. The van der Waals surface area contributed by atoms with Crippen molar-refractivity contribution in [1.29, 1.82) is 5.26 Å². The van der Waals surface area contributed by atoms with Gasteiger partial charge >= 0.3 is 0 Å². The van der Waals surface area contributed by atoms with Crippen molar-refractivity contribution in [2.24, 2.45) is 17.8 Å². The van der Waals surface area contributed by atoms with E-state index in [9.17, 15) is 5.11 Å². The van der Waals surface area contributed by atoms with Crippen molar-refractivity contribution in [3.8, 4) is 6.07 Å². The summed E-state index contributed by atoms with van der Waals surface area (Å²) in [7, 11) is 0. The zero-order valence-corrected chi connectivity index (χ0v) is 6.53. The summed E-state index contributed by atoms with van der Waals surface area (Å²) in [5.74, 6) is 1.79. The van der Waals surface area contributed by atoms with Crippen LogP contribution in [0.5, 0.6) is 0 Å². The van der Waals surface area contributed by atoms with Crippen molar-refractivity contribution >= 4 is 0 Å². The predicted molar refractivity (Wildman–Crippen MR) is 40.6 cm³/mol. The molecule has 2 saturated carbocycles. The fourth-order valence-electron chi connectivity index (χ4n) is 2.78. The van der Waals surface area contributed by atoms with Crippen molar-refractivity contribution in [1.82, 2.24) is 0 Å². The maximum atomic E-state index is 9.32. The highest BCUT2D eigenvalue weighted by Crippen LogP contribution is 2.49. The number of fused-ring (bicyclic) bond motifs is 2. The fraction of sp³-hybridized carbons (Fsp3) is 0.889. The molecule has 60 valence electrons. The minimum absolute atomic E-state index is 0.304. The molecule has 4 atom stereocenters. The summed E-state index contributed by atoms with van der Waals surface area (Å²) < 4.78 is 0. The van der Waals surface area contributed by atoms with Crippen LogP contribution < -0.4 is 0 Å². The highest BCUT2D eigenvalue weighted by molar-refractivity contribution is 4.99. The van der Waals surface area contributed by atoms with Gasteiger partial charge in [0, 0.05) is 5.92 Å². The summed E-state index contributed by atoms with van der Waals surface area (Å²) in [5, 5.41) is 17.8. The monoisotopic (exact) mass is 151 g/mol. The first-order valence-electron chi connectivity index (χ1n) is 4.39. The summed E-state index contributed by atoms with van der Waals surface area (Å²) in [5.41, 5.74) is 0. The lowest BCUT2D eigenvalue weighted by Crippen LogP contribution is -2.23. The molecule has 0 radical (unpaired) electrons. The number of hydrogen-bond acceptors (Lipinski definition) is 2. The first-order valence-corrected chi connectivity index (χ1v) is 4.39. The van der Waals surface area contributed by atoms with Crippen LogP contribution in [0.1, 0.15) is 25.7 Å². The molecule has 0 heterocycles. The second-order valence-electron chi connectivity index (χ2n) is 3.91. The Morgan fingerprint density at radius 3 is 2.64 bits per heavy atom. The average molecular weight is 151 g/mol. The Labute approximate surface area is 66.8 Å². The van der Waals surface area contributed by atoms with Crippen LogP contribution >= 0.6 is 0 Å². The normalized spacial score (nSPS) is 43.8. The SMILES string of the molecule is N#CC(O)C1CC2CCC1C2. The largest absolute Gasteiger partial charge is 0.378 e. The van der Waals surface area contributed by atoms with E-state index in [4.69, 9.17) is 5.26 Å². The lowest BCUT2D eigenvalue weighted by Gasteiger charge is -2.22. The van der Waals surface area contributed by atoms with Gasteiger partial charge in [0.15, 0.2) is 0 Å². The maximum absolute atomic E-state index is 9.32. The van der Waals surface area contributed by atoms with Crippen LogP contribution in [0.25, 0.3) is 0 Å². The third-order valence-corrected chi connectivity index (χ3v) is 3.33. The molecule has 2 heteroatoms. The average Bonchev–Trinajstić information content (AvgIpc) is 2.62. The minimum atomic E-state index is -0.690. The summed E-state index contributed by atoms with van der Waals surface area (Å²) in [4.78, 5) is 0. The van der Waals surface area contributed by atoms with Gasteiger partial charge in [0.25, 0.3) is 0 Å². The zero-order chi connectivity index (χ0) is 7.84. The Bertz CT molecular complexity index is 196. The molecule has 2 fully saturated rings. The molecule has 0 aromatic rings. The van der Waals surface area contributed by atoms with Crippen LogP contribution in [0, 0.1) is 29.1 Å². The highest BCUT2D eigenvalue weighted by Gasteiger charge is 2.42. The van der Waals surface area contributed by atoms with Crippen LogP contribution in [0.2, 0.25) is 0 Å². The number of nitriles is 1. The number of hydrogen-bond donors (Lipinski definition) is 1. The number of rotatable bonds is 1. The van der Waals surface area contributed by atoms with Crippen molar-refractivity contribution in [2.75, 3.05) is 0 Å². The van der Waals surface area contributed by atoms with E-state index in [1.54, 1.807) is 0 Å². The lowest BCUT2D eigenvalue weighted by molar-refractivity contribution is 0.120. The van der Waals surface area contributed by atoms with Crippen LogP contribution in [-0.2, 0) is 0 Å². The van der Waals surface area contributed by atoms with E-state index in [0.29, 0.717) is 11.8 Å². The Kier molecular flexibility index (Phi) is 1.61. The molecule has 0 saturated heterocycles. The molecule has 0 aliphatic heterocycles. The van der Waals surface area contributed by atoms with Crippen LogP contribution in [0.3, 0.4) is 0 Å². The Morgan fingerprint density at radius 2 is 2.18 bits per heavy atom. The summed E-state index contributed by atoms with van der Waals surface area (Å²) in [6.45, 7) is 0. The third kappa shape index (κ3) is 1.04. The lowest BCUT2D eigenvalue weighted by atomic mass is 9.85. The number of nitrogens with zero attached hydrogens (tertiary/aromatic N) is 1. The molecular weight excluding hydrogens is 138 g/mol. The van der Waals surface area contributed by atoms with Gasteiger partial charge < -0.3 is 5.11 Å². The molecule has 0 aromatic carbocycles. The van der Waals surface area contributed by atoms with E-state index in [2.05, 4.69) is 0 Å². The Hall–Kier alpha value is -0.550. The summed E-state index contributed by atoms with van der Waals surface area (Å²) in [6.07, 6.45) is 4.25. The molecule has 0 aromatic heterocycles. The molecule has 0 amide bonds. The Morgan fingerprint density at radius 1 is 1.36 bits per heavy atom. The Balaban J connectivity index is 2.03. The summed E-state index contributed by atoms with van der Waals surface area (Å²) >= 11 is 0. The van der Waals surface area contributed by atoms with E-state index in [0.717, 1.165) is 12.3 Å². The van der Waals surface area contributed by atoms with Gasteiger partial charge in [0.1, 0.15) is 6.10 Å². The molecule has 11 heavy (non-hydrogen) atoms. The van der Waals surface area contributed by atoms with E-state index in [1.807, 2.05) is 6.07 Å². The molecular formula is C9H13NO. The van der Waals surface area contributed by atoms with Gasteiger partial charge in [-0.15, -0.1) is 0 Å². The fourth-order valence-corrected chi connectivity index (χ4v) is 2.78. The smallest absolute Gasteiger partial charge is 0.143 e. The van der Waals surface area contributed by atoms with Crippen molar-refractivity contribution in [3.05, 3.63) is 0 Å². The first-order chi connectivity index (χ1) is 5.31. The predicted octanol–water partition coefficient (Wildman–Crippen LogP) is 1.31. The molecule has 2 rings (SSSR count). The van der Waals surface area contributed by atoms with Crippen molar-refractivity contribution in [3.63, 3.8) is 0 Å². The molecule has 0 spiro atoms. The van der Waals surface area contributed by atoms with E-state index in [-0.39, 0.29) is 0 Å². The van der Waals surface area contributed by atoms with Crippen molar-refractivity contribution in [2.45, 2.75) is 31.8 Å². The van der Waals surface area contributed by atoms with Gasteiger partial charge in [0.05, 0.1) is 6.07 Å². The number of aliphatic hydroxyl groups is 1. The third-order valence-electron chi connectivity index (χ3n) is 3.33. The molecule has 2 aliphatic rings. The standard InChI is InChI=1S/C9H13NO/c10-5-9(11)8-4-6-1-2-7(8)3-6/h6-9,11H,1-4H2. The van der Waals surface area contributed by atoms with Crippen LogP contribution in [0.4, 0.5) is 0 Å². The van der Waals surface area contributed by atoms with Crippen LogP contribution in [0.15, 0.2) is 0 Å². The van der Waals surface area contributed by atoms with Gasteiger partial charge in [-0.1, -0.05) is 6.42 Å². The molecule has 4 unspecified atom stereocenters. The first kappa shape index (κ1) is 7.12. The van der Waals surface area contributed by atoms with Gasteiger partial charge in [-0.25, -0.2) is 0 Å². The van der Waals surface area contributed by atoms with Gasteiger partial charge in [0.2, 0.25) is 0 Å². The van der Waals surface area contributed by atoms with E-state index >= 15 is 0 Å². The van der Waals surface area contributed by atoms with E-state index < -0.39 is 6.10 Å². The number of aliphatic hydroxyl groups excluding tert-OH is 1. The topological polar surface area (TPSA) is 44.0 Å². The molecule has 2 nitrogen and oxygen atoms in total. The molecule has 2 aliphatic carbocycles. The summed E-state index contributed by atoms with van der Waals surface area (Å²) in [6, 6.07) is 1.95. The van der Waals surface area contributed by atoms with Crippen molar-refractivity contribution < 1.29 is 5.11 Å². The van der Waals surface area contributed by atoms with Gasteiger partial charge in [-0.05, 0) is 31.1 Å². The van der Waals surface area contributed by atoms with Gasteiger partial charge in [-0.3, -0.25) is 0 Å². The molecule has 1 N–H and O–H groups in total. The van der Waals surface area contributed by atoms with Gasteiger partial charge in [-0.2, -0.15) is 5.26 Å². The second-order valence-corrected chi connectivity index (χ2v) is 3.91. The van der Waals surface area contributed by atoms with Crippen LogP contribution in [-0.4, -0.2) is 11.2 Å². The highest BCUT2D eigenvalue weighted by atomic mass is 16.3. The van der Waals surface area contributed by atoms with E-state index in [1.165, 1.54) is 19.3 Å². The zero-order valence-electron chi connectivity index (χ0n) is 6.53. The molecule has 2 bridgehead atoms. The second kappa shape index (κ2) is 2.49.